The summed E-state index contributed by atoms with van der Waals surface area (Å²) in [7, 11) is 1.96. The molecule has 0 aliphatic rings. The Balaban J connectivity index is 1.80. The molecule has 4 aromatic rings. The first-order valence-electron chi connectivity index (χ1n) is 6.97. The Kier molecular flexibility index (Phi) is 3.36. The molecule has 0 spiro atoms. The van der Waals surface area contributed by atoms with Crippen molar-refractivity contribution in [1.29, 1.82) is 0 Å². The first-order chi connectivity index (χ1) is 11.1. The number of fused-ring (bicyclic) bond motifs is 1. The highest BCUT2D eigenvalue weighted by atomic mass is 35.5. The van der Waals surface area contributed by atoms with Crippen molar-refractivity contribution in [2.45, 2.75) is 0 Å². The monoisotopic (exact) mass is 343 g/mol. The van der Waals surface area contributed by atoms with Crippen LogP contribution in [0.25, 0.3) is 33.9 Å². The molecule has 0 N–H and O–H groups in total. The fourth-order valence-corrected chi connectivity index (χ4v) is 2.88. The third-order valence-electron chi connectivity index (χ3n) is 3.75. The Labute approximate surface area is 142 Å². The standard InChI is InChI=1S/C17H11Cl2N3O/c1-22-14-7-6-13(19)8-11(14)9-15(22)17-20-16(21-23-17)10-2-4-12(18)5-3-10/h2-9H,1H3. The van der Waals surface area contributed by atoms with E-state index in [1.54, 1.807) is 12.1 Å². The molecular formula is C17H11Cl2N3O. The first kappa shape index (κ1) is 14.3. The summed E-state index contributed by atoms with van der Waals surface area (Å²) >= 11 is 12.0. The molecule has 0 atom stereocenters. The van der Waals surface area contributed by atoms with E-state index < -0.39 is 0 Å². The predicted octanol–water partition coefficient (Wildman–Crippen LogP) is 5.20. The van der Waals surface area contributed by atoms with Gasteiger partial charge in [0, 0.05) is 33.6 Å². The second-order valence-corrected chi connectivity index (χ2v) is 6.09. The molecule has 0 unspecified atom stereocenters. The Morgan fingerprint density at radius 1 is 0.957 bits per heavy atom. The predicted molar refractivity (Wildman–Crippen MR) is 91.7 cm³/mol. The zero-order valence-electron chi connectivity index (χ0n) is 12.1. The average molecular weight is 344 g/mol. The van der Waals surface area contributed by atoms with E-state index in [-0.39, 0.29) is 0 Å². The van der Waals surface area contributed by atoms with Crippen LogP contribution >= 0.6 is 23.2 Å². The zero-order valence-corrected chi connectivity index (χ0v) is 13.6. The Morgan fingerprint density at radius 2 is 1.70 bits per heavy atom. The summed E-state index contributed by atoms with van der Waals surface area (Å²) in [5, 5.41) is 6.45. The molecular weight excluding hydrogens is 333 g/mol. The Morgan fingerprint density at radius 3 is 2.48 bits per heavy atom. The van der Waals surface area contributed by atoms with Gasteiger partial charge in [0.25, 0.3) is 5.89 Å². The highest BCUT2D eigenvalue weighted by Gasteiger charge is 2.15. The van der Waals surface area contributed by atoms with Crippen LogP contribution in [0.2, 0.25) is 10.0 Å². The maximum atomic E-state index is 6.05. The van der Waals surface area contributed by atoms with Gasteiger partial charge in [0.2, 0.25) is 5.82 Å². The van der Waals surface area contributed by atoms with Crippen LogP contribution in [0.3, 0.4) is 0 Å². The Hall–Kier alpha value is -2.30. The van der Waals surface area contributed by atoms with E-state index in [2.05, 4.69) is 10.1 Å². The van der Waals surface area contributed by atoms with E-state index in [0.717, 1.165) is 22.2 Å². The molecule has 0 bridgehead atoms. The number of benzene rings is 2. The fraction of sp³-hybridized carbons (Fsp3) is 0.0588. The molecule has 4 nitrogen and oxygen atoms in total. The van der Waals surface area contributed by atoms with Crippen molar-refractivity contribution >= 4 is 34.1 Å². The number of nitrogens with zero attached hydrogens (tertiary/aromatic N) is 3. The second-order valence-electron chi connectivity index (χ2n) is 5.22. The highest BCUT2D eigenvalue weighted by molar-refractivity contribution is 6.31. The molecule has 2 aromatic heterocycles. The highest BCUT2D eigenvalue weighted by Crippen LogP contribution is 2.29. The van der Waals surface area contributed by atoms with Gasteiger partial charge in [-0.2, -0.15) is 4.98 Å². The summed E-state index contributed by atoms with van der Waals surface area (Å²) in [6.45, 7) is 0. The second kappa shape index (κ2) is 5.41. The first-order valence-corrected chi connectivity index (χ1v) is 7.72. The molecule has 0 radical (unpaired) electrons. The van der Waals surface area contributed by atoms with Crippen molar-refractivity contribution in [1.82, 2.24) is 14.7 Å². The topological polar surface area (TPSA) is 43.9 Å². The Bertz CT molecular complexity index is 1000. The van der Waals surface area contributed by atoms with Crippen LogP contribution < -0.4 is 0 Å². The molecule has 2 heterocycles. The molecule has 0 aliphatic heterocycles. The lowest BCUT2D eigenvalue weighted by Gasteiger charge is -1.99. The molecule has 0 amide bonds. The zero-order chi connectivity index (χ0) is 16.0. The molecule has 114 valence electrons. The normalized spacial score (nSPS) is 11.3. The van der Waals surface area contributed by atoms with Gasteiger partial charge in [0.15, 0.2) is 0 Å². The van der Waals surface area contributed by atoms with Gasteiger partial charge in [-0.25, -0.2) is 0 Å². The SMILES string of the molecule is Cn1c(-c2nc(-c3ccc(Cl)cc3)no2)cc2cc(Cl)ccc21. The summed E-state index contributed by atoms with van der Waals surface area (Å²) in [5.74, 6) is 0.990. The van der Waals surface area contributed by atoms with Crippen LogP contribution in [0.4, 0.5) is 0 Å². The van der Waals surface area contributed by atoms with Crippen molar-refractivity contribution < 1.29 is 4.52 Å². The van der Waals surface area contributed by atoms with E-state index in [1.807, 2.05) is 48.0 Å². The molecule has 4 rings (SSSR count). The molecule has 0 aliphatic carbocycles. The van der Waals surface area contributed by atoms with E-state index in [4.69, 9.17) is 27.7 Å². The number of aryl methyl sites for hydroxylation is 1. The van der Waals surface area contributed by atoms with E-state index in [9.17, 15) is 0 Å². The smallest absolute Gasteiger partial charge is 0.274 e. The van der Waals surface area contributed by atoms with Crippen LogP contribution in [-0.4, -0.2) is 14.7 Å². The number of hydrogen-bond donors (Lipinski definition) is 0. The average Bonchev–Trinajstić information content (AvgIpc) is 3.13. The van der Waals surface area contributed by atoms with Crippen LogP contribution in [0.1, 0.15) is 0 Å². The fourth-order valence-electron chi connectivity index (χ4n) is 2.57. The van der Waals surface area contributed by atoms with Gasteiger partial charge < -0.3 is 9.09 Å². The maximum absolute atomic E-state index is 6.05. The molecule has 0 saturated carbocycles. The lowest BCUT2D eigenvalue weighted by Crippen LogP contribution is -1.91. The third kappa shape index (κ3) is 2.50. The number of halogens is 2. The van der Waals surface area contributed by atoms with Gasteiger partial charge in [-0.15, -0.1) is 0 Å². The summed E-state index contributed by atoms with van der Waals surface area (Å²) in [5.41, 5.74) is 2.75. The van der Waals surface area contributed by atoms with Crippen molar-refractivity contribution in [3.63, 3.8) is 0 Å². The van der Waals surface area contributed by atoms with E-state index in [1.165, 1.54) is 0 Å². The number of rotatable bonds is 2. The summed E-state index contributed by atoms with van der Waals surface area (Å²) < 4.78 is 7.43. The summed E-state index contributed by atoms with van der Waals surface area (Å²) in [4.78, 5) is 4.48. The molecule has 23 heavy (non-hydrogen) atoms. The minimum Gasteiger partial charge on any atom is -0.340 e. The van der Waals surface area contributed by atoms with Crippen LogP contribution in [0, 0.1) is 0 Å². The maximum Gasteiger partial charge on any atom is 0.274 e. The van der Waals surface area contributed by atoms with E-state index in [0.29, 0.717) is 21.8 Å². The molecule has 6 heteroatoms. The van der Waals surface area contributed by atoms with Gasteiger partial charge >= 0.3 is 0 Å². The van der Waals surface area contributed by atoms with Crippen molar-refractivity contribution in [2.75, 3.05) is 0 Å². The summed E-state index contributed by atoms with van der Waals surface area (Å²) in [6, 6.07) is 15.0. The van der Waals surface area contributed by atoms with Gasteiger partial charge in [-0.05, 0) is 48.5 Å². The van der Waals surface area contributed by atoms with Gasteiger partial charge in [0.05, 0.1) is 0 Å². The molecule has 0 fully saturated rings. The lowest BCUT2D eigenvalue weighted by atomic mass is 10.2. The van der Waals surface area contributed by atoms with Crippen molar-refractivity contribution in [3.05, 3.63) is 58.6 Å². The van der Waals surface area contributed by atoms with Crippen LogP contribution in [0.15, 0.2) is 53.1 Å². The quantitative estimate of drug-likeness (QED) is 0.502. The minimum atomic E-state index is 0.463. The largest absolute Gasteiger partial charge is 0.340 e. The van der Waals surface area contributed by atoms with E-state index >= 15 is 0 Å². The molecule has 2 aromatic carbocycles. The minimum absolute atomic E-state index is 0.463. The van der Waals surface area contributed by atoms with Gasteiger partial charge in [-0.3, -0.25) is 0 Å². The van der Waals surface area contributed by atoms with Gasteiger partial charge in [-0.1, -0.05) is 28.4 Å². The van der Waals surface area contributed by atoms with Gasteiger partial charge in [0.1, 0.15) is 5.69 Å². The van der Waals surface area contributed by atoms with Crippen molar-refractivity contribution in [2.24, 2.45) is 7.05 Å². The number of hydrogen-bond acceptors (Lipinski definition) is 3. The van der Waals surface area contributed by atoms with Crippen LogP contribution in [0.5, 0.6) is 0 Å². The van der Waals surface area contributed by atoms with Crippen molar-refractivity contribution in [3.8, 4) is 23.0 Å². The number of aromatic nitrogens is 3. The van der Waals surface area contributed by atoms with Crippen LogP contribution in [-0.2, 0) is 7.05 Å². The lowest BCUT2D eigenvalue weighted by molar-refractivity contribution is 0.430. The molecule has 0 saturated heterocycles. The third-order valence-corrected chi connectivity index (χ3v) is 4.24. The summed E-state index contributed by atoms with van der Waals surface area (Å²) in [6.07, 6.45) is 0.